The Morgan fingerprint density at radius 2 is 0.857 bits per heavy atom. The Balaban J connectivity index is 1.76. The van der Waals surface area contributed by atoms with E-state index in [1.165, 1.54) is 0 Å². The minimum atomic E-state index is 0.789. The summed E-state index contributed by atoms with van der Waals surface area (Å²) in [6.45, 7) is 7.85. The van der Waals surface area contributed by atoms with Gasteiger partial charge in [0.2, 0.25) is 0 Å². The van der Waals surface area contributed by atoms with Crippen LogP contribution in [0.4, 0.5) is 0 Å². The molecule has 2 heterocycles. The molecule has 0 spiro atoms. The van der Waals surface area contributed by atoms with Crippen LogP contribution in [0.15, 0.2) is 60.7 Å². The van der Waals surface area contributed by atoms with Gasteiger partial charge in [0.05, 0.1) is 11.4 Å². The van der Waals surface area contributed by atoms with E-state index in [0.29, 0.717) is 0 Å². The van der Waals surface area contributed by atoms with Gasteiger partial charge in [-0.3, -0.25) is 0 Å². The van der Waals surface area contributed by atoms with Crippen molar-refractivity contribution in [2.45, 2.75) is 27.7 Å². The molecule has 0 unspecified atom stereocenters. The van der Waals surface area contributed by atoms with Gasteiger partial charge in [-0.05, 0) is 63.1 Å². The predicted molar refractivity (Wildman–Crippen MR) is 113 cm³/mol. The fourth-order valence-corrected chi connectivity index (χ4v) is 3.45. The SMILES string of the molecule is Cc1cc(-c2cccc(-c3cccc(-c4cc(C)nc(C)n4)c3)c2)nc(C)n1. The highest BCUT2D eigenvalue weighted by Crippen LogP contribution is 2.29. The second-order valence-electron chi connectivity index (χ2n) is 7.05. The lowest BCUT2D eigenvalue weighted by Crippen LogP contribution is -1.94. The first-order chi connectivity index (χ1) is 13.5. The summed E-state index contributed by atoms with van der Waals surface area (Å²) in [5.74, 6) is 1.58. The summed E-state index contributed by atoms with van der Waals surface area (Å²) in [5.41, 5.74) is 8.32. The van der Waals surface area contributed by atoms with Gasteiger partial charge in [-0.1, -0.05) is 36.4 Å². The van der Waals surface area contributed by atoms with E-state index in [0.717, 1.165) is 56.7 Å². The molecule has 0 aliphatic carbocycles. The molecule has 0 bridgehead atoms. The lowest BCUT2D eigenvalue weighted by atomic mass is 9.98. The predicted octanol–water partition coefficient (Wildman–Crippen LogP) is 5.50. The zero-order valence-electron chi connectivity index (χ0n) is 16.6. The molecule has 2 aromatic heterocycles. The maximum atomic E-state index is 4.60. The van der Waals surface area contributed by atoms with Crippen molar-refractivity contribution in [3.8, 4) is 33.6 Å². The van der Waals surface area contributed by atoms with Crippen LogP contribution < -0.4 is 0 Å². The highest BCUT2D eigenvalue weighted by Gasteiger charge is 2.07. The van der Waals surface area contributed by atoms with Crippen molar-refractivity contribution >= 4 is 0 Å². The van der Waals surface area contributed by atoms with Crippen LogP contribution in [-0.4, -0.2) is 19.9 Å². The molecule has 0 radical (unpaired) electrons. The van der Waals surface area contributed by atoms with Crippen molar-refractivity contribution in [3.63, 3.8) is 0 Å². The van der Waals surface area contributed by atoms with Gasteiger partial charge >= 0.3 is 0 Å². The molecule has 28 heavy (non-hydrogen) atoms. The number of aromatic nitrogens is 4. The third-order valence-corrected chi connectivity index (χ3v) is 4.58. The lowest BCUT2D eigenvalue weighted by molar-refractivity contribution is 1.02. The first kappa shape index (κ1) is 18.0. The fraction of sp³-hybridized carbons (Fsp3) is 0.167. The van der Waals surface area contributed by atoms with Crippen LogP contribution in [-0.2, 0) is 0 Å². The molecule has 0 aliphatic heterocycles. The molecule has 0 amide bonds. The van der Waals surface area contributed by atoms with E-state index in [1.807, 2.05) is 39.8 Å². The molecule has 4 aromatic rings. The van der Waals surface area contributed by atoms with Gasteiger partial charge in [-0.2, -0.15) is 0 Å². The van der Waals surface area contributed by atoms with Gasteiger partial charge in [-0.25, -0.2) is 19.9 Å². The van der Waals surface area contributed by atoms with E-state index >= 15 is 0 Å². The van der Waals surface area contributed by atoms with Crippen LogP contribution in [0.1, 0.15) is 23.0 Å². The number of rotatable bonds is 3. The van der Waals surface area contributed by atoms with Crippen LogP contribution in [0, 0.1) is 27.7 Å². The van der Waals surface area contributed by atoms with Crippen LogP contribution in [0.3, 0.4) is 0 Å². The van der Waals surface area contributed by atoms with E-state index in [9.17, 15) is 0 Å². The molecule has 4 nitrogen and oxygen atoms in total. The van der Waals surface area contributed by atoms with E-state index in [2.05, 4.69) is 68.5 Å². The second kappa shape index (κ2) is 7.31. The Bertz CT molecular complexity index is 1030. The van der Waals surface area contributed by atoms with Crippen molar-refractivity contribution < 1.29 is 0 Å². The highest BCUT2D eigenvalue weighted by molar-refractivity contribution is 5.75. The molecule has 138 valence electrons. The first-order valence-electron chi connectivity index (χ1n) is 9.34. The summed E-state index contributed by atoms with van der Waals surface area (Å²) in [4.78, 5) is 17.9. The molecule has 0 N–H and O–H groups in total. The van der Waals surface area contributed by atoms with Gasteiger partial charge < -0.3 is 0 Å². The Kier molecular flexibility index (Phi) is 4.70. The molecule has 0 fully saturated rings. The number of hydrogen-bond acceptors (Lipinski definition) is 4. The molecule has 0 saturated carbocycles. The number of hydrogen-bond donors (Lipinski definition) is 0. The van der Waals surface area contributed by atoms with Crippen LogP contribution >= 0.6 is 0 Å². The minimum absolute atomic E-state index is 0.789. The van der Waals surface area contributed by atoms with Gasteiger partial charge in [-0.15, -0.1) is 0 Å². The monoisotopic (exact) mass is 366 g/mol. The summed E-state index contributed by atoms with van der Waals surface area (Å²) in [6.07, 6.45) is 0. The molecule has 0 aliphatic rings. The largest absolute Gasteiger partial charge is 0.239 e. The third-order valence-electron chi connectivity index (χ3n) is 4.58. The maximum absolute atomic E-state index is 4.60. The standard InChI is InChI=1S/C24H22N4/c1-15-11-23(27-17(3)25-15)21-9-5-7-19(13-21)20-8-6-10-22(14-20)24-12-16(2)26-18(4)28-24/h5-14H,1-4H3. The normalized spacial score (nSPS) is 10.9. The van der Waals surface area contributed by atoms with Crippen LogP contribution in [0.2, 0.25) is 0 Å². The first-order valence-corrected chi connectivity index (χ1v) is 9.34. The van der Waals surface area contributed by atoms with Crippen molar-refractivity contribution in [2.75, 3.05) is 0 Å². The van der Waals surface area contributed by atoms with E-state index in [1.54, 1.807) is 0 Å². The molecular formula is C24H22N4. The average Bonchev–Trinajstić information content (AvgIpc) is 2.67. The summed E-state index contributed by atoms with van der Waals surface area (Å²) in [7, 11) is 0. The van der Waals surface area contributed by atoms with Crippen LogP contribution in [0.5, 0.6) is 0 Å². The molecule has 4 heteroatoms. The summed E-state index contributed by atoms with van der Waals surface area (Å²) in [6, 6.07) is 21.0. The molecule has 4 rings (SSSR count). The molecule has 2 aromatic carbocycles. The Morgan fingerprint density at radius 3 is 1.25 bits per heavy atom. The minimum Gasteiger partial charge on any atom is -0.239 e. The van der Waals surface area contributed by atoms with Crippen molar-refractivity contribution in [3.05, 3.63) is 83.7 Å². The van der Waals surface area contributed by atoms with Gasteiger partial charge in [0.1, 0.15) is 11.6 Å². The van der Waals surface area contributed by atoms with E-state index in [-0.39, 0.29) is 0 Å². The Hall–Kier alpha value is -3.40. The Morgan fingerprint density at radius 1 is 0.464 bits per heavy atom. The molecule has 0 atom stereocenters. The number of benzene rings is 2. The van der Waals surface area contributed by atoms with E-state index in [4.69, 9.17) is 0 Å². The average molecular weight is 366 g/mol. The number of nitrogens with zero attached hydrogens (tertiary/aromatic N) is 4. The van der Waals surface area contributed by atoms with E-state index < -0.39 is 0 Å². The molecule has 0 saturated heterocycles. The topological polar surface area (TPSA) is 51.6 Å². The zero-order valence-corrected chi connectivity index (χ0v) is 16.6. The number of aryl methyl sites for hydroxylation is 4. The Labute approximate surface area is 165 Å². The third kappa shape index (κ3) is 3.81. The summed E-state index contributed by atoms with van der Waals surface area (Å²) >= 11 is 0. The molecular weight excluding hydrogens is 344 g/mol. The summed E-state index contributed by atoms with van der Waals surface area (Å²) in [5, 5.41) is 0. The zero-order chi connectivity index (χ0) is 19.7. The van der Waals surface area contributed by atoms with Crippen molar-refractivity contribution in [1.82, 2.24) is 19.9 Å². The van der Waals surface area contributed by atoms with Crippen molar-refractivity contribution in [1.29, 1.82) is 0 Å². The smallest absolute Gasteiger partial charge is 0.126 e. The summed E-state index contributed by atoms with van der Waals surface area (Å²) < 4.78 is 0. The second-order valence-corrected chi connectivity index (χ2v) is 7.05. The van der Waals surface area contributed by atoms with Crippen molar-refractivity contribution in [2.24, 2.45) is 0 Å². The fourth-order valence-electron chi connectivity index (χ4n) is 3.45. The van der Waals surface area contributed by atoms with Gasteiger partial charge in [0, 0.05) is 22.5 Å². The van der Waals surface area contributed by atoms with Gasteiger partial charge in [0.25, 0.3) is 0 Å². The maximum Gasteiger partial charge on any atom is 0.126 e. The van der Waals surface area contributed by atoms with Crippen LogP contribution in [0.25, 0.3) is 33.6 Å². The quantitative estimate of drug-likeness (QED) is 0.480. The lowest BCUT2D eigenvalue weighted by Gasteiger charge is -2.09. The van der Waals surface area contributed by atoms with Gasteiger partial charge in [0.15, 0.2) is 0 Å². The highest BCUT2D eigenvalue weighted by atomic mass is 14.9.